The molecule has 8 nitrogen and oxygen atoms in total. The summed E-state index contributed by atoms with van der Waals surface area (Å²) in [6, 6.07) is 5.61. The van der Waals surface area contributed by atoms with Crippen molar-refractivity contribution in [3.05, 3.63) is 35.3 Å². The predicted molar refractivity (Wildman–Crippen MR) is 96.8 cm³/mol. The first-order chi connectivity index (χ1) is 12.5. The van der Waals surface area contributed by atoms with Gasteiger partial charge in [-0.25, -0.2) is 0 Å². The highest BCUT2D eigenvalue weighted by Gasteiger charge is 2.28. The Hall–Kier alpha value is -2.61. The molecule has 2 amide bonds. The van der Waals surface area contributed by atoms with Gasteiger partial charge in [0.15, 0.2) is 0 Å². The number of nitrogens with one attached hydrogen (secondary N) is 2. The molecule has 3 rings (SSSR count). The lowest BCUT2D eigenvalue weighted by molar-refractivity contribution is -0.118. The first kappa shape index (κ1) is 18.2. The minimum atomic E-state index is -0.131. The molecule has 0 aromatic carbocycles. The van der Waals surface area contributed by atoms with E-state index in [-0.39, 0.29) is 24.4 Å². The number of aromatic nitrogens is 2. The molecule has 1 saturated heterocycles. The topological polar surface area (TPSA) is 92.4 Å². The second-order valence-electron chi connectivity index (χ2n) is 6.64. The van der Waals surface area contributed by atoms with Gasteiger partial charge in [-0.1, -0.05) is 11.6 Å². The normalized spacial score (nSPS) is 17.9. The van der Waals surface area contributed by atoms with E-state index in [4.69, 9.17) is 4.52 Å². The third kappa shape index (κ3) is 3.80. The van der Waals surface area contributed by atoms with Crippen LogP contribution in [0.5, 0.6) is 0 Å². The van der Waals surface area contributed by atoms with Crippen molar-refractivity contribution < 1.29 is 14.1 Å². The van der Waals surface area contributed by atoms with Crippen LogP contribution in [0.25, 0.3) is 0 Å². The summed E-state index contributed by atoms with van der Waals surface area (Å²) in [4.78, 5) is 26.5. The molecule has 2 aromatic heterocycles. The van der Waals surface area contributed by atoms with E-state index in [1.165, 1.54) is 0 Å². The molecule has 26 heavy (non-hydrogen) atoms. The molecule has 1 atom stereocenters. The summed E-state index contributed by atoms with van der Waals surface area (Å²) in [5.41, 5.74) is 2.39. The fourth-order valence-corrected chi connectivity index (χ4v) is 3.52. The van der Waals surface area contributed by atoms with Crippen LogP contribution in [0.15, 0.2) is 22.7 Å². The molecule has 2 aromatic rings. The van der Waals surface area contributed by atoms with Gasteiger partial charge >= 0.3 is 0 Å². The van der Waals surface area contributed by atoms with E-state index in [2.05, 4.69) is 20.7 Å². The highest BCUT2D eigenvalue weighted by Crippen LogP contribution is 2.31. The lowest BCUT2D eigenvalue weighted by atomic mass is 9.99. The monoisotopic (exact) mass is 359 g/mol. The highest BCUT2D eigenvalue weighted by molar-refractivity contribution is 5.92. The van der Waals surface area contributed by atoms with Crippen molar-refractivity contribution in [2.45, 2.75) is 32.2 Å². The molecular weight excluding hydrogens is 334 g/mol. The molecule has 0 unspecified atom stereocenters. The Morgan fingerprint density at radius 2 is 2.15 bits per heavy atom. The third-order valence-electron chi connectivity index (χ3n) is 4.81. The number of carbonyl (C=O) groups is 2. The Kier molecular flexibility index (Phi) is 5.41. The maximum absolute atomic E-state index is 12.4. The van der Waals surface area contributed by atoms with Crippen molar-refractivity contribution in [3.8, 4) is 0 Å². The Morgan fingerprint density at radius 1 is 1.35 bits per heavy atom. The fourth-order valence-electron chi connectivity index (χ4n) is 3.52. The van der Waals surface area contributed by atoms with E-state index in [1.807, 2.05) is 23.7 Å². The van der Waals surface area contributed by atoms with Crippen molar-refractivity contribution in [2.75, 3.05) is 25.5 Å². The van der Waals surface area contributed by atoms with Crippen LogP contribution in [0, 0.1) is 6.92 Å². The maximum Gasteiger partial charge on any atom is 0.267 e. The smallest absolute Gasteiger partial charge is 0.267 e. The number of piperidine rings is 1. The van der Waals surface area contributed by atoms with Gasteiger partial charge < -0.3 is 14.4 Å². The van der Waals surface area contributed by atoms with Crippen LogP contribution in [0.3, 0.4) is 0 Å². The summed E-state index contributed by atoms with van der Waals surface area (Å²) in [6.45, 7) is 2.91. The van der Waals surface area contributed by atoms with Gasteiger partial charge in [-0.05, 0) is 38.4 Å². The quantitative estimate of drug-likeness (QED) is 0.850. The van der Waals surface area contributed by atoms with E-state index in [0.717, 1.165) is 37.2 Å². The van der Waals surface area contributed by atoms with Crippen LogP contribution in [0.4, 0.5) is 5.88 Å². The van der Waals surface area contributed by atoms with E-state index >= 15 is 0 Å². The number of nitrogens with zero attached hydrogens (tertiary/aromatic N) is 3. The molecule has 0 saturated carbocycles. The summed E-state index contributed by atoms with van der Waals surface area (Å²) in [7, 11) is 3.52. The zero-order valence-electron chi connectivity index (χ0n) is 15.4. The van der Waals surface area contributed by atoms with Crippen LogP contribution < -0.4 is 10.6 Å². The van der Waals surface area contributed by atoms with E-state index in [9.17, 15) is 9.59 Å². The van der Waals surface area contributed by atoms with E-state index in [1.54, 1.807) is 20.0 Å². The number of likely N-dealkylation sites (tertiary alicyclic amines) is 1. The molecule has 8 heteroatoms. The van der Waals surface area contributed by atoms with Gasteiger partial charge in [0.05, 0.1) is 18.3 Å². The number of carbonyl (C=O) groups excluding carboxylic acids is 2. The molecule has 1 fully saturated rings. The zero-order chi connectivity index (χ0) is 18.7. The van der Waals surface area contributed by atoms with Gasteiger partial charge in [0.2, 0.25) is 11.8 Å². The molecule has 1 aliphatic heterocycles. The molecule has 0 radical (unpaired) electrons. The fraction of sp³-hybridized carbons (Fsp3) is 0.500. The number of amides is 2. The van der Waals surface area contributed by atoms with Crippen LogP contribution in [0.1, 0.15) is 47.2 Å². The lowest BCUT2D eigenvalue weighted by Crippen LogP contribution is -2.40. The molecule has 1 aliphatic rings. The summed E-state index contributed by atoms with van der Waals surface area (Å²) < 4.78 is 6.96. The number of anilines is 1. The molecular formula is C18H25N5O3. The molecule has 0 aliphatic carbocycles. The predicted octanol–water partition coefficient (Wildman–Crippen LogP) is 1.85. The van der Waals surface area contributed by atoms with Gasteiger partial charge in [0.25, 0.3) is 5.91 Å². The second-order valence-corrected chi connectivity index (χ2v) is 6.64. The zero-order valence-corrected chi connectivity index (χ0v) is 15.4. The van der Waals surface area contributed by atoms with Gasteiger partial charge in [0, 0.05) is 25.9 Å². The summed E-state index contributed by atoms with van der Waals surface area (Å²) in [5.74, 6) is 0.121. The SMILES string of the molecule is CNC(=O)c1ccc([C@H]2CCCCN2CC(=O)Nc2cc(C)no2)n1C. The van der Waals surface area contributed by atoms with Crippen molar-refractivity contribution in [3.63, 3.8) is 0 Å². The van der Waals surface area contributed by atoms with Crippen molar-refractivity contribution in [1.82, 2.24) is 19.9 Å². The van der Waals surface area contributed by atoms with Crippen LogP contribution >= 0.6 is 0 Å². The molecule has 2 N–H and O–H groups in total. The number of hydrogen-bond donors (Lipinski definition) is 2. The molecule has 0 bridgehead atoms. The first-order valence-electron chi connectivity index (χ1n) is 8.84. The average Bonchev–Trinajstić information content (AvgIpc) is 3.20. The Labute approximate surface area is 152 Å². The molecule has 140 valence electrons. The standard InChI is InChI=1S/C18H25N5O3/c1-12-10-17(26-21-12)20-16(24)11-23-9-5-4-6-14(23)13-7-8-15(22(13)3)18(25)19-2/h7-8,10,14H,4-6,9,11H2,1-3H3,(H,19,25)(H,20,24)/t14-/m1/s1. The van der Waals surface area contributed by atoms with Gasteiger partial charge in [0.1, 0.15) is 5.69 Å². The Bertz CT molecular complexity index is 795. The average molecular weight is 359 g/mol. The van der Waals surface area contributed by atoms with Gasteiger partial charge in [-0.2, -0.15) is 0 Å². The molecule has 3 heterocycles. The summed E-state index contributed by atoms with van der Waals surface area (Å²) >= 11 is 0. The van der Waals surface area contributed by atoms with Crippen molar-refractivity contribution in [2.24, 2.45) is 7.05 Å². The van der Waals surface area contributed by atoms with Gasteiger partial charge in [-0.15, -0.1) is 0 Å². The number of aryl methyl sites for hydroxylation is 1. The van der Waals surface area contributed by atoms with E-state index < -0.39 is 0 Å². The van der Waals surface area contributed by atoms with Gasteiger partial charge in [-0.3, -0.25) is 19.8 Å². The van der Waals surface area contributed by atoms with Crippen molar-refractivity contribution >= 4 is 17.7 Å². The Morgan fingerprint density at radius 3 is 2.85 bits per heavy atom. The minimum Gasteiger partial charge on any atom is -0.354 e. The van der Waals surface area contributed by atoms with Crippen molar-refractivity contribution in [1.29, 1.82) is 0 Å². The first-order valence-corrected chi connectivity index (χ1v) is 8.84. The largest absolute Gasteiger partial charge is 0.354 e. The minimum absolute atomic E-state index is 0.106. The van der Waals surface area contributed by atoms with Crippen LogP contribution in [0.2, 0.25) is 0 Å². The Balaban J connectivity index is 1.73. The summed E-state index contributed by atoms with van der Waals surface area (Å²) in [5, 5.41) is 9.18. The highest BCUT2D eigenvalue weighted by atomic mass is 16.5. The van der Waals surface area contributed by atoms with E-state index in [0.29, 0.717) is 11.6 Å². The summed E-state index contributed by atoms with van der Waals surface area (Å²) in [6.07, 6.45) is 3.11. The second kappa shape index (κ2) is 7.74. The number of hydrogen-bond acceptors (Lipinski definition) is 5. The maximum atomic E-state index is 12.4. The number of rotatable bonds is 5. The van der Waals surface area contributed by atoms with Crippen LogP contribution in [-0.2, 0) is 11.8 Å². The lowest BCUT2D eigenvalue weighted by Gasteiger charge is -2.35. The molecule has 0 spiro atoms. The van der Waals surface area contributed by atoms with Crippen LogP contribution in [-0.4, -0.2) is 46.6 Å². The third-order valence-corrected chi connectivity index (χ3v) is 4.81.